The van der Waals surface area contributed by atoms with E-state index >= 15 is 0 Å². The second kappa shape index (κ2) is 9.25. The number of rotatable bonds is 8. The van der Waals surface area contributed by atoms with Crippen LogP contribution in [0.5, 0.6) is 0 Å². The Labute approximate surface area is 129 Å². The summed E-state index contributed by atoms with van der Waals surface area (Å²) in [6, 6.07) is 3.82. The van der Waals surface area contributed by atoms with E-state index < -0.39 is 0 Å². The van der Waals surface area contributed by atoms with E-state index in [2.05, 4.69) is 38.3 Å². The molecule has 1 amide bonds. The van der Waals surface area contributed by atoms with Crippen molar-refractivity contribution >= 4 is 28.8 Å². The van der Waals surface area contributed by atoms with Crippen molar-refractivity contribution in [2.24, 2.45) is 0 Å². The second-order valence-corrected chi connectivity index (χ2v) is 5.13. The largest absolute Gasteiger partial charge is 0.337 e. The van der Waals surface area contributed by atoms with Crippen LogP contribution in [0.3, 0.4) is 0 Å². The minimum absolute atomic E-state index is 0.0812. The van der Waals surface area contributed by atoms with Crippen LogP contribution in [0.15, 0.2) is 24.5 Å². The average Bonchev–Trinajstić information content (AvgIpc) is 2.46. The highest BCUT2D eigenvalue weighted by Crippen LogP contribution is 2.10. The maximum atomic E-state index is 12.5. The maximum Gasteiger partial charge on any atom is 0.240 e. The van der Waals surface area contributed by atoms with Crippen molar-refractivity contribution in [2.75, 3.05) is 6.54 Å². The van der Waals surface area contributed by atoms with Gasteiger partial charge in [-0.3, -0.25) is 9.78 Å². The summed E-state index contributed by atoms with van der Waals surface area (Å²) >= 11 is 2.08. The Balaban J connectivity index is 2.64. The summed E-state index contributed by atoms with van der Waals surface area (Å²) in [7, 11) is 0. The van der Waals surface area contributed by atoms with Gasteiger partial charge >= 0.3 is 0 Å². The molecule has 0 aromatic carbocycles. The van der Waals surface area contributed by atoms with Gasteiger partial charge in [-0.2, -0.15) is 0 Å². The summed E-state index contributed by atoms with van der Waals surface area (Å²) in [5.74, 6) is 0.183. The van der Waals surface area contributed by atoms with Crippen LogP contribution >= 0.6 is 22.9 Å². The quantitative estimate of drug-likeness (QED) is 0.562. The minimum Gasteiger partial charge on any atom is -0.337 e. The Bertz CT molecular complexity index is 372. The molecule has 1 rings (SSSR count). The van der Waals surface area contributed by atoms with Crippen molar-refractivity contribution in [1.29, 1.82) is 0 Å². The zero-order valence-corrected chi connectivity index (χ0v) is 13.8. The lowest BCUT2D eigenvalue weighted by atomic mass is 10.1. The highest BCUT2D eigenvalue weighted by atomic mass is 127. The van der Waals surface area contributed by atoms with E-state index in [4.69, 9.17) is 0 Å². The fourth-order valence-electron chi connectivity index (χ4n) is 1.91. The van der Waals surface area contributed by atoms with Crippen molar-refractivity contribution in [3.63, 3.8) is 0 Å². The zero-order chi connectivity index (χ0) is 14.1. The maximum absolute atomic E-state index is 12.5. The number of carbonyl (C=O) groups is 1. The molecule has 1 unspecified atom stereocenters. The lowest BCUT2D eigenvalue weighted by molar-refractivity contribution is -0.133. The first-order valence-corrected chi connectivity index (χ1v) is 7.84. The van der Waals surface area contributed by atoms with Crippen LogP contribution in [-0.2, 0) is 11.3 Å². The molecule has 1 aromatic heterocycles. The molecule has 5 heteroatoms. The van der Waals surface area contributed by atoms with Gasteiger partial charge in [0.1, 0.15) is 0 Å². The fourth-order valence-corrected chi connectivity index (χ4v) is 2.49. The molecule has 106 valence electrons. The number of pyridine rings is 1. The number of likely N-dealkylation sites (N-methyl/N-ethyl adjacent to an activating group) is 1. The highest BCUT2D eigenvalue weighted by molar-refractivity contribution is 14.1. The van der Waals surface area contributed by atoms with Crippen molar-refractivity contribution in [1.82, 2.24) is 13.4 Å². The van der Waals surface area contributed by atoms with E-state index in [0.29, 0.717) is 6.54 Å². The first-order chi connectivity index (χ1) is 9.22. The third kappa shape index (κ3) is 5.44. The monoisotopic (exact) mass is 375 g/mol. The molecule has 0 aliphatic carbocycles. The van der Waals surface area contributed by atoms with Crippen molar-refractivity contribution < 1.29 is 4.79 Å². The number of unbranched alkanes of at least 4 members (excludes halogenated alkanes) is 1. The Kier molecular flexibility index (Phi) is 7.97. The number of halogens is 1. The topological polar surface area (TPSA) is 45.2 Å². The van der Waals surface area contributed by atoms with Gasteiger partial charge in [-0.1, -0.05) is 19.8 Å². The molecule has 0 saturated carbocycles. The fraction of sp³-hybridized carbons (Fsp3) is 0.571. The summed E-state index contributed by atoms with van der Waals surface area (Å²) in [6.45, 7) is 5.54. The van der Waals surface area contributed by atoms with E-state index in [-0.39, 0.29) is 11.9 Å². The smallest absolute Gasteiger partial charge is 0.240 e. The Morgan fingerprint density at radius 1 is 1.42 bits per heavy atom. The van der Waals surface area contributed by atoms with E-state index in [1.165, 1.54) is 0 Å². The van der Waals surface area contributed by atoms with Gasteiger partial charge in [0.2, 0.25) is 5.91 Å². The standard InChI is InChI=1S/C14H22IN3O/c1-3-5-6-13(17-15)14(19)18(4-2)11-12-7-9-16-10-8-12/h7-10,13,17H,3-6,11H2,1-2H3. The summed E-state index contributed by atoms with van der Waals surface area (Å²) in [4.78, 5) is 18.3. The van der Waals surface area contributed by atoms with Crippen LogP contribution in [0, 0.1) is 0 Å². The molecule has 1 aromatic rings. The van der Waals surface area contributed by atoms with Gasteiger partial charge in [0.15, 0.2) is 0 Å². The van der Waals surface area contributed by atoms with Crippen LogP contribution < -0.4 is 3.53 Å². The molecule has 0 saturated heterocycles. The van der Waals surface area contributed by atoms with E-state index in [1.54, 1.807) is 12.4 Å². The molecule has 1 N–H and O–H groups in total. The normalized spacial score (nSPS) is 12.2. The number of carbonyl (C=O) groups excluding carboxylic acids is 1. The molecule has 0 radical (unpaired) electrons. The van der Waals surface area contributed by atoms with E-state index in [1.807, 2.05) is 24.0 Å². The molecule has 0 spiro atoms. The molecule has 19 heavy (non-hydrogen) atoms. The predicted molar refractivity (Wildman–Crippen MR) is 85.8 cm³/mol. The van der Waals surface area contributed by atoms with Crippen LogP contribution in [-0.4, -0.2) is 28.4 Å². The van der Waals surface area contributed by atoms with Crippen LogP contribution in [0.4, 0.5) is 0 Å². The van der Waals surface area contributed by atoms with E-state index in [0.717, 1.165) is 31.4 Å². The summed E-state index contributed by atoms with van der Waals surface area (Å²) < 4.78 is 3.10. The number of aromatic nitrogens is 1. The zero-order valence-electron chi connectivity index (χ0n) is 11.6. The van der Waals surface area contributed by atoms with Gasteiger partial charge in [-0.25, -0.2) is 3.53 Å². The number of nitrogens with one attached hydrogen (secondary N) is 1. The van der Waals surface area contributed by atoms with Crippen LogP contribution in [0.1, 0.15) is 38.7 Å². The van der Waals surface area contributed by atoms with Gasteiger partial charge in [0.05, 0.1) is 6.04 Å². The Morgan fingerprint density at radius 2 is 2.11 bits per heavy atom. The van der Waals surface area contributed by atoms with Crippen molar-refractivity contribution in [3.05, 3.63) is 30.1 Å². The first kappa shape index (κ1) is 16.4. The molecule has 1 atom stereocenters. The van der Waals surface area contributed by atoms with Crippen LogP contribution in [0.25, 0.3) is 0 Å². The SMILES string of the molecule is CCCCC(NI)C(=O)N(CC)Cc1ccncc1. The Morgan fingerprint density at radius 3 is 2.63 bits per heavy atom. The highest BCUT2D eigenvalue weighted by Gasteiger charge is 2.21. The molecule has 0 bridgehead atoms. The molecule has 1 heterocycles. The van der Waals surface area contributed by atoms with Crippen LogP contribution in [0.2, 0.25) is 0 Å². The van der Waals surface area contributed by atoms with Gasteiger partial charge in [-0.15, -0.1) is 0 Å². The number of nitrogens with zero attached hydrogens (tertiary/aromatic N) is 2. The third-order valence-electron chi connectivity index (χ3n) is 3.09. The summed E-state index contributed by atoms with van der Waals surface area (Å²) in [5.41, 5.74) is 1.12. The molecular weight excluding hydrogens is 353 g/mol. The lowest BCUT2D eigenvalue weighted by Crippen LogP contribution is -2.43. The van der Waals surface area contributed by atoms with Gasteiger partial charge in [0.25, 0.3) is 0 Å². The lowest BCUT2D eigenvalue weighted by Gasteiger charge is -2.25. The average molecular weight is 375 g/mol. The summed E-state index contributed by atoms with van der Waals surface area (Å²) in [6.07, 6.45) is 6.60. The van der Waals surface area contributed by atoms with E-state index in [9.17, 15) is 4.79 Å². The molecule has 0 aliphatic rings. The predicted octanol–water partition coefficient (Wildman–Crippen LogP) is 2.93. The molecule has 0 aliphatic heterocycles. The molecule has 4 nitrogen and oxygen atoms in total. The van der Waals surface area contributed by atoms with Crippen molar-refractivity contribution in [2.45, 2.75) is 45.7 Å². The van der Waals surface area contributed by atoms with Crippen molar-refractivity contribution in [3.8, 4) is 0 Å². The van der Waals surface area contributed by atoms with Gasteiger partial charge in [-0.05, 0) is 31.0 Å². The van der Waals surface area contributed by atoms with Gasteiger partial charge < -0.3 is 4.90 Å². The van der Waals surface area contributed by atoms with Gasteiger partial charge in [0, 0.05) is 48.3 Å². The number of amides is 1. The number of hydrogen-bond acceptors (Lipinski definition) is 3. The Hall–Kier alpha value is -0.690. The molecular formula is C14H22IN3O. The first-order valence-electron chi connectivity index (χ1n) is 6.76. The summed E-state index contributed by atoms with van der Waals surface area (Å²) in [5, 5.41) is 0. The minimum atomic E-state index is -0.0812. The second-order valence-electron chi connectivity index (χ2n) is 4.51. The number of hydrogen-bond donors (Lipinski definition) is 1. The third-order valence-corrected chi connectivity index (χ3v) is 3.84. The molecule has 0 fully saturated rings.